The Kier molecular flexibility index (Phi) is 4.12. The first-order valence-electron chi connectivity index (χ1n) is 6.59. The van der Waals surface area contributed by atoms with E-state index in [0.29, 0.717) is 11.5 Å². The highest BCUT2D eigenvalue weighted by Crippen LogP contribution is 2.26. The number of nitrogen functional groups attached to an aromatic ring is 1. The Morgan fingerprint density at radius 2 is 2.06 bits per heavy atom. The molecule has 0 aliphatic heterocycles. The molecule has 1 heterocycles. The molecular formula is C13H20N4O. The van der Waals surface area contributed by atoms with E-state index in [1.54, 1.807) is 12.1 Å². The summed E-state index contributed by atoms with van der Waals surface area (Å²) in [4.78, 5) is 11.9. The summed E-state index contributed by atoms with van der Waals surface area (Å²) in [5.41, 5.74) is 5.77. The summed E-state index contributed by atoms with van der Waals surface area (Å²) in [6.45, 7) is 2.23. The average molecular weight is 248 g/mol. The highest BCUT2D eigenvalue weighted by atomic mass is 16.2. The van der Waals surface area contributed by atoms with Gasteiger partial charge in [0.2, 0.25) is 0 Å². The summed E-state index contributed by atoms with van der Waals surface area (Å²) in [6.07, 6.45) is 5.77. The Morgan fingerprint density at radius 1 is 1.33 bits per heavy atom. The molecule has 18 heavy (non-hydrogen) atoms. The maximum Gasteiger partial charge on any atom is 0.272 e. The Bertz CT molecular complexity index is 396. The predicted octanol–water partition coefficient (Wildman–Crippen LogP) is 1.76. The molecule has 3 N–H and O–H groups in total. The minimum atomic E-state index is -0.151. The Labute approximate surface area is 107 Å². The summed E-state index contributed by atoms with van der Waals surface area (Å²) < 4.78 is 0. The Balaban J connectivity index is 1.86. The number of aromatic nitrogens is 2. The fourth-order valence-corrected chi connectivity index (χ4v) is 2.44. The second-order valence-corrected chi connectivity index (χ2v) is 4.94. The van der Waals surface area contributed by atoms with Gasteiger partial charge in [-0.3, -0.25) is 4.79 Å². The third kappa shape index (κ3) is 3.18. The zero-order valence-corrected chi connectivity index (χ0v) is 10.7. The van der Waals surface area contributed by atoms with Crippen molar-refractivity contribution >= 4 is 11.7 Å². The lowest BCUT2D eigenvalue weighted by molar-refractivity contribution is 0.0915. The molecule has 5 nitrogen and oxygen atoms in total. The summed E-state index contributed by atoms with van der Waals surface area (Å²) in [5, 5.41) is 10.5. The van der Waals surface area contributed by atoms with Crippen molar-refractivity contribution in [3.8, 4) is 0 Å². The second-order valence-electron chi connectivity index (χ2n) is 4.94. The number of hydrogen-bond donors (Lipinski definition) is 2. The quantitative estimate of drug-likeness (QED) is 0.854. The topological polar surface area (TPSA) is 80.9 Å². The van der Waals surface area contributed by atoms with Gasteiger partial charge >= 0.3 is 0 Å². The molecule has 1 aliphatic carbocycles. The van der Waals surface area contributed by atoms with Gasteiger partial charge in [0.15, 0.2) is 5.69 Å². The van der Waals surface area contributed by atoms with Crippen LogP contribution in [0, 0.1) is 5.92 Å². The third-order valence-electron chi connectivity index (χ3n) is 3.68. The number of nitrogens with one attached hydrogen (secondary N) is 1. The number of amides is 1. The molecule has 1 saturated carbocycles. The fraction of sp³-hybridized carbons (Fsp3) is 0.615. The van der Waals surface area contributed by atoms with Crippen molar-refractivity contribution < 1.29 is 4.79 Å². The molecule has 2 rings (SSSR count). The van der Waals surface area contributed by atoms with Crippen LogP contribution in [0.5, 0.6) is 0 Å². The van der Waals surface area contributed by atoms with Gasteiger partial charge in [0.1, 0.15) is 5.82 Å². The summed E-state index contributed by atoms with van der Waals surface area (Å²) in [5.74, 6) is 1.01. The van der Waals surface area contributed by atoms with Gasteiger partial charge in [-0.1, -0.05) is 13.3 Å². The molecule has 0 atom stereocenters. The molecule has 5 heteroatoms. The van der Waals surface area contributed by atoms with Gasteiger partial charge in [0.25, 0.3) is 5.91 Å². The van der Waals surface area contributed by atoms with Crippen molar-refractivity contribution in [2.45, 2.75) is 45.1 Å². The summed E-state index contributed by atoms with van der Waals surface area (Å²) in [7, 11) is 0. The highest BCUT2D eigenvalue weighted by Gasteiger charge is 2.22. The molecule has 1 aromatic heterocycles. The molecule has 0 unspecified atom stereocenters. The van der Waals surface area contributed by atoms with Crippen LogP contribution in [0.1, 0.15) is 49.5 Å². The zero-order valence-electron chi connectivity index (χ0n) is 10.7. The van der Waals surface area contributed by atoms with Gasteiger partial charge in [-0.15, -0.1) is 10.2 Å². The van der Waals surface area contributed by atoms with Crippen molar-refractivity contribution in [2.75, 3.05) is 5.73 Å². The number of carbonyl (C=O) groups is 1. The minimum absolute atomic E-state index is 0.151. The highest BCUT2D eigenvalue weighted by molar-refractivity contribution is 5.92. The van der Waals surface area contributed by atoms with E-state index < -0.39 is 0 Å². The van der Waals surface area contributed by atoms with Crippen LogP contribution in [-0.4, -0.2) is 22.1 Å². The van der Waals surface area contributed by atoms with Crippen LogP contribution >= 0.6 is 0 Å². The maximum atomic E-state index is 11.9. The molecule has 0 saturated heterocycles. The normalized spacial score (nSPS) is 23.6. The third-order valence-corrected chi connectivity index (χ3v) is 3.68. The lowest BCUT2D eigenvalue weighted by Gasteiger charge is -2.28. The number of rotatable bonds is 3. The Morgan fingerprint density at radius 3 is 2.61 bits per heavy atom. The van der Waals surface area contributed by atoms with E-state index in [0.717, 1.165) is 18.8 Å². The van der Waals surface area contributed by atoms with E-state index >= 15 is 0 Å². The zero-order chi connectivity index (χ0) is 13.0. The smallest absolute Gasteiger partial charge is 0.272 e. The van der Waals surface area contributed by atoms with Crippen LogP contribution in [0.4, 0.5) is 5.82 Å². The molecule has 1 aliphatic rings. The van der Waals surface area contributed by atoms with Crippen LogP contribution in [-0.2, 0) is 0 Å². The molecule has 1 fully saturated rings. The average Bonchev–Trinajstić information content (AvgIpc) is 2.40. The van der Waals surface area contributed by atoms with Gasteiger partial charge < -0.3 is 11.1 Å². The van der Waals surface area contributed by atoms with Crippen LogP contribution in [0.25, 0.3) is 0 Å². The summed E-state index contributed by atoms with van der Waals surface area (Å²) in [6, 6.07) is 3.48. The minimum Gasteiger partial charge on any atom is -0.382 e. The molecular weight excluding hydrogens is 228 g/mol. The van der Waals surface area contributed by atoms with Crippen molar-refractivity contribution in [2.24, 2.45) is 5.92 Å². The molecule has 0 radical (unpaired) electrons. The first-order chi connectivity index (χ1) is 8.69. The van der Waals surface area contributed by atoms with Gasteiger partial charge in [0, 0.05) is 6.04 Å². The molecule has 1 aromatic rings. The van der Waals surface area contributed by atoms with E-state index in [4.69, 9.17) is 5.73 Å². The van der Waals surface area contributed by atoms with E-state index in [1.165, 1.54) is 19.3 Å². The van der Waals surface area contributed by atoms with Crippen molar-refractivity contribution in [3.05, 3.63) is 17.8 Å². The summed E-state index contributed by atoms with van der Waals surface area (Å²) >= 11 is 0. The lowest BCUT2D eigenvalue weighted by Crippen LogP contribution is -2.38. The van der Waals surface area contributed by atoms with E-state index in [2.05, 4.69) is 22.4 Å². The lowest BCUT2D eigenvalue weighted by atomic mass is 9.84. The van der Waals surface area contributed by atoms with Crippen LogP contribution in [0.3, 0.4) is 0 Å². The van der Waals surface area contributed by atoms with Crippen LogP contribution in [0.15, 0.2) is 12.1 Å². The monoisotopic (exact) mass is 248 g/mol. The molecule has 0 bridgehead atoms. The van der Waals surface area contributed by atoms with E-state index in [1.807, 2.05) is 0 Å². The Hall–Kier alpha value is -1.65. The van der Waals surface area contributed by atoms with Crippen LogP contribution in [0.2, 0.25) is 0 Å². The SMILES string of the molecule is CCC1CCC(NC(=O)c2ccc(N)nn2)CC1. The van der Waals surface area contributed by atoms with Gasteiger partial charge in [-0.05, 0) is 43.7 Å². The number of carbonyl (C=O) groups excluding carboxylic acids is 1. The largest absolute Gasteiger partial charge is 0.382 e. The number of hydrogen-bond acceptors (Lipinski definition) is 4. The van der Waals surface area contributed by atoms with E-state index in [-0.39, 0.29) is 11.9 Å². The predicted molar refractivity (Wildman–Crippen MR) is 69.9 cm³/mol. The van der Waals surface area contributed by atoms with Gasteiger partial charge in [-0.25, -0.2) is 0 Å². The van der Waals surface area contributed by atoms with Gasteiger partial charge in [0.05, 0.1) is 0 Å². The van der Waals surface area contributed by atoms with Gasteiger partial charge in [-0.2, -0.15) is 0 Å². The van der Waals surface area contributed by atoms with E-state index in [9.17, 15) is 4.79 Å². The number of anilines is 1. The first kappa shape index (κ1) is 12.8. The van der Waals surface area contributed by atoms with Crippen molar-refractivity contribution in [3.63, 3.8) is 0 Å². The standard InChI is InChI=1S/C13H20N4O/c1-2-9-3-5-10(6-4-9)15-13(18)11-7-8-12(14)17-16-11/h7-10H,2-6H2,1H3,(H2,14,17)(H,15,18). The molecule has 98 valence electrons. The van der Waals surface area contributed by atoms with Crippen LogP contribution < -0.4 is 11.1 Å². The fourth-order valence-electron chi connectivity index (χ4n) is 2.44. The molecule has 1 amide bonds. The molecule has 0 aromatic carbocycles. The first-order valence-corrected chi connectivity index (χ1v) is 6.59. The van der Waals surface area contributed by atoms with Crippen molar-refractivity contribution in [1.29, 1.82) is 0 Å². The maximum absolute atomic E-state index is 11.9. The van der Waals surface area contributed by atoms with Crippen molar-refractivity contribution in [1.82, 2.24) is 15.5 Å². The number of nitrogens with two attached hydrogens (primary N) is 1. The molecule has 0 spiro atoms. The second kappa shape index (κ2) is 5.80. The number of nitrogens with zero attached hydrogens (tertiary/aromatic N) is 2.